The van der Waals surface area contributed by atoms with Crippen molar-refractivity contribution in [3.8, 4) is 0 Å². The number of thioether (sulfide) groups is 1. The zero-order chi connectivity index (χ0) is 15.5. The molecule has 0 saturated carbocycles. The minimum Gasteiger partial charge on any atom is -0.326 e. The zero-order valence-electron chi connectivity index (χ0n) is 13.2. The molecule has 0 bridgehead atoms. The number of hydrogen-bond acceptors (Lipinski definition) is 3. The van der Waals surface area contributed by atoms with Crippen molar-refractivity contribution in [1.82, 2.24) is 9.80 Å². The average Bonchev–Trinajstić information content (AvgIpc) is 2.88. The van der Waals surface area contributed by atoms with Crippen molar-refractivity contribution in [2.45, 2.75) is 11.8 Å². The maximum absolute atomic E-state index is 12.2. The van der Waals surface area contributed by atoms with E-state index in [1.807, 2.05) is 4.90 Å². The predicted molar refractivity (Wildman–Crippen MR) is 94.0 cm³/mol. The highest BCUT2D eigenvalue weighted by Crippen LogP contribution is 2.39. The third-order valence-electron chi connectivity index (χ3n) is 4.03. The molecule has 22 heavy (non-hydrogen) atoms. The van der Waals surface area contributed by atoms with Gasteiger partial charge in [0.15, 0.2) is 0 Å². The number of nitrogens with zero attached hydrogens (tertiary/aromatic N) is 2. The normalized spacial score (nSPS) is 18.6. The van der Waals surface area contributed by atoms with Gasteiger partial charge in [-0.25, -0.2) is 0 Å². The topological polar surface area (TPSA) is 23.6 Å². The van der Waals surface area contributed by atoms with Crippen molar-refractivity contribution in [3.05, 3.63) is 48.0 Å². The van der Waals surface area contributed by atoms with Gasteiger partial charge in [0, 0.05) is 6.54 Å². The first-order chi connectivity index (χ1) is 10.6. The number of benzene rings is 2. The maximum Gasteiger partial charge on any atom is 0.233 e. The molecule has 1 amide bonds. The molecular weight excluding hydrogens is 292 g/mol. The van der Waals surface area contributed by atoms with E-state index in [0.29, 0.717) is 5.75 Å². The quantitative estimate of drug-likeness (QED) is 0.845. The highest BCUT2D eigenvalue weighted by molar-refractivity contribution is 8.00. The molecule has 2 aromatic rings. The summed E-state index contributed by atoms with van der Waals surface area (Å²) in [4.78, 5) is 16.4. The lowest BCUT2D eigenvalue weighted by Crippen LogP contribution is -2.31. The van der Waals surface area contributed by atoms with Gasteiger partial charge < -0.3 is 9.80 Å². The van der Waals surface area contributed by atoms with Crippen LogP contribution in [0.5, 0.6) is 0 Å². The Kier molecular flexibility index (Phi) is 4.69. The van der Waals surface area contributed by atoms with Gasteiger partial charge in [-0.2, -0.15) is 0 Å². The lowest BCUT2D eigenvalue weighted by Gasteiger charge is -2.25. The molecule has 0 radical (unpaired) electrons. The summed E-state index contributed by atoms with van der Waals surface area (Å²) in [6.45, 7) is 1.85. The van der Waals surface area contributed by atoms with Gasteiger partial charge in [-0.3, -0.25) is 4.79 Å². The number of carbonyl (C=O) groups excluding carboxylic acids is 1. The van der Waals surface area contributed by atoms with Gasteiger partial charge in [0.1, 0.15) is 5.37 Å². The molecule has 4 heteroatoms. The highest BCUT2D eigenvalue weighted by atomic mass is 32.2. The van der Waals surface area contributed by atoms with E-state index >= 15 is 0 Å². The van der Waals surface area contributed by atoms with Crippen molar-refractivity contribution in [2.75, 3.05) is 32.9 Å². The Morgan fingerprint density at radius 3 is 2.73 bits per heavy atom. The van der Waals surface area contributed by atoms with Crippen molar-refractivity contribution in [3.63, 3.8) is 0 Å². The van der Waals surface area contributed by atoms with E-state index < -0.39 is 0 Å². The van der Waals surface area contributed by atoms with E-state index in [9.17, 15) is 4.79 Å². The molecule has 0 aliphatic carbocycles. The molecule has 0 N–H and O–H groups in total. The third kappa shape index (κ3) is 3.28. The van der Waals surface area contributed by atoms with Crippen LogP contribution in [0.4, 0.5) is 0 Å². The van der Waals surface area contributed by atoms with Gasteiger partial charge >= 0.3 is 0 Å². The highest BCUT2D eigenvalue weighted by Gasteiger charge is 2.32. The van der Waals surface area contributed by atoms with E-state index in [2.05, 4.69) is 61.5 Å². The summed E-state index contributed by atoms with van der Waals surface area (Å²) in [6, 6.07) is 14.9. The summed E-state index contributed by atoms with van der Waals surface area (Å²) < 4.78 is 0. The lowest BCUT2D eigenvalue weighted by atomic mass is 10.1. The molecule has 0 aromatic heterocycles. The molecule has 1 saturated heterocycles. The van der Waals surface area contributed by atoms with Gasteiger partial charge in [-0.05, 0) is 49.5 Å². The smallest absolute Gasteiger partial charge is 0.233 e. The first-order valence-electron chi connectivity index (χ1n) is 7.69. The van der Waals surface area contributed by atoms with Crippen LogP contribution in [-0.4, -0.2) is 48.6 Å². The van der Waals surface area contributed by atoms with Crippen LogP contribution in [0.15, 0.2) is 42.5 Å². The first kappa shape index (κ1) is 15.4. The summed E-state index contributed by atoms with van der Waals surface area (Å²) in [5, 5.41) is 2.66. The number of rotatable bonds is 5. The van der Waals surface area contributed by atoms with Crippen molar-refractivity contribution < 1.29 is 4.79 Å². The van der Waals surface area contributed by atoms with Crippen LogP contribution in [-0.2, 0) is 4.79 Å². The monoisotopic (exact) mass is 314 g/mol. The Balaban J connectivity index is 1.79. The van der Waals surface area contributed by atoms with E-state index in [1.54, 1.807) is 11.8 Å². The zero-order valence-corrected chi connectivity index (χ0v) is 14.0. The van der Waals surface area contributed by atoms with Crippen LogP contribution in [0.25, 0.3) is 10.8 Å². The molecule has 1 atom stereocenters. The van der Waals surface area contributed by atoms with Crippen molar-refractivity contribution >= 4 is 28.4 Å². The second-order valence-corrected chi connectivity index (χ2v) is 7.08. The van der Waals surface area contributed by atoms with E-state index in [0.717, 1.165) is 19.5 Å². The molecule has 3 nitrogen and oxygen atoms in total. The molecule has 1 aliphatic heterocycles. The maximum atomic E-state index is 12.2. The minimum absolute atomic E-state index is 0.166. The number of hydrogen-bond donors (Lipinski definition) is 0. The largest absolute Gasteiger partial charge is 0.326 e. The molecule has 2 aromatic carbocycles. The third-order valence-corrected chi connectivity index (χ3v) is 5.29. The Morgan fingerprint density at radius 2 is 1.95 bits per heavy atom. The fourth-order valence-electron chi connectivity index (χ4n) is 2.89. The predicted octanol–water partition coefficient (Wildman–Crippen LogP) is 3.37. The summed E-state index contributed by atoms with van der Waals surface area (Å²) >= 11 is 1.74. The van der Waals surface area contributed by atoms with Crippen LogP contribution in [0.3, 0.4) is 0 Å². The van der Waals surface area contributed by atoms with Gasteiger partial charge in [0.2, 0.25) is 5.91 Å². The molecule has 1 unspecified atom stereocenters. The molecule has 116 valence electrons. The Labute approximate surface area is 136 Å². The SMILES string of the molecule is CN(C)CCCN1C(=O)CSC1c1ccc2ccccc2c1. The second kappa shape index (κ2) is 6.71. The van der Waals surface area contributed by atoms with Crippen LogP contribution in [0, 0.1) is 0 Å². The van der Waals surface area contributed by atoms with Gasteiger partial charge in [0.05, 0.1) is 5.75 Å². The van der Waals surface area contributed by atoms with Crippen molar-refractivity contribution in [1.29, 1.82) is 0 Å². The summed E-state index contributed by atoms with van der Waals surface area (Å²) in [5.74, 6) is 0.862. The standard InChI is InChI=1S/C18H22N2OS/c1-19(2)10-5-11-20-17(21)13-22-18(20)16-9-8-14-6-3-4-7-15(14)12-16/h3-4,6-9,12,18H,5,10-11,13H2,1-2H3. The van der Waals surface area contributed by atoms with E-state index in [4.69, 9.17) is 0 Å². The van der Waals surface area contributed by atoms with Gasteiger partial charge in [-0.1, -0.05) is 36.4 Å². The first-order valence-corrected chi connectivity index (χ1v) is 8.74. The average molecular weight is 314 g/mol. The molecule has 1 aliphatic rings. The van der Waals surface area contributed by atoms with Crippen LogP contribution in [0.2, 0.25) is 0 Å². The molecule has 3 rings (SSSR count). The molecule has 1 heterocycles. The Bertz CT molecular complexity index is 671. The minimum atomic E-state index is 0.166. The number of carbonyl (C=O) groups is 1. The molecular formula is C18H22N2OS. The van der Waals surface area contributed by atoms with E-state index in [-0.39, 0.29) is 11.3 Å². The number of amides is 1. The second-order valence-electron chi connectivity index (χ2n) is 6.01. The fraction of sp³-hybridized carbons (Fsp3) is 0.389. The van der Waals surface area contributed by atoms with Gasteiger partial charge in [0.25, 0.3) is 0 Å². The lowest BCUT2D eigenvalue weighted by molar-refractivity contribution is -0.128. The Hall–Kier alpha value is -1.52. The van der Waals surface area contributed by atoms with E-state index in [1.165, 1.54) is 16.3 Å². The van der Waals surface area contributed by atoms with Crippen LogP contribution >= 0.6 is 11.8 Å². The van der Waals surface area contributed by atoms with Crippen LogP contribution < -0.4 is 0 Å². The summed E-state index contributed by atoms with van der Waals surface area (Å²) in [7, 11) is 4.14. The van der Waals surface area contributed by atoms with Crippen molar-refractivity contribution in [2.24, 2.45) is 0 Å². The summed E-state index contributed by atoms with van der Waals surface area (Å²) in [6.07, 6.45) is 1.02. The fourth-order valence-corrected chi connectivity index (χ4v) is 4.10. The molecule has 1 fully saturated rings. The number of fused-ring (bicyclic) bond motifs is 1. The van der Waals surface area contributed by atoms with Crippen LogP contribution in [0.1, 0.15) is 17.4 Å². The van der Waals surface area contributed by atoms with Gasteiger partial charge in [-0.15, -0.1) is 11.8 Å². The Morgan fingerprint density at radius 1 is 1.18 bits per heavy atom. The molecule has 0 spiro atoms. The summed E-state index contributed by atoms with van der Waals surface area (Å²) in [5.41, 5.74) is 1.24.